The molecule has 0 aliphatic rings. The van der Waals surface area contributed by atoms with Gasteiger partial charge in [0.25, 0.3) is 0 Å². The molecule has 1 amide bonds. The normalized spacial score (nSPS) is 11.3. The molecular weight excluding hydrogens is 458 g/mol. The summed E-state index contributed by atoms with van der Waals surface area (Å²) in [4.78, 5) is 17.9. The van der Waals surface area contributed by atoms with Gasteiger partial charge in [-0.3, -0.25) is 0 Å². The summed E-state index contributed by atoms with van der Waals surface area (Å²) in [6.07, 6.45) is 5.18. The van der Waals surface area contributed by atoms with Crippen molar-refractivity contribution in [2.24, 2.45) is 5.92 Å². The lowest BCUT2D eigenvalue weighted by Gasteiger charge is -2.16. The number of amides is 1. The lowest BCUT2D eigenvalue weighted by Crippen LogP contribution is -2.30. The highest BCUT2D eigenvalue weighted by atomic mass is 32.2. The molecule has 0 saturated carbocycles. The second kappa shape index (κ2) is 11.5. The maximum atomic E-state index is 12.7. The van der Waals surface area contributed by atoms with E-state index >= 15 is 0 Å². The summed E-state index contributed by atoms with van der Waals surface area (Å²) in [5.41, 5.74) is 2.67. The van der Waals surface area contributed by atoms with Crippen molar-refractivity contribution in [2.75, 3.05) is 10.9 Å². The smallest absolute Gasteiger partial charge is 0.428 e. The van der Waals surface area contributed by atoms with E-state index in [0.29, 0.717) is 29.4 Å². The molecule has 0 spiro atoms. The molecule has 7 nitrogen and oxygen atoms in total. The fraction of sp³-hybridized carbons (Fsp3) is 0.417. The van der Waals surface area contributed by atoms with E-state index in [0.717, 1.165) is 39.0 Å². The number of carbonyl (C=O) groups is 1. The predicted octanol–water partition coefficient (Wildman–Crippen LogP) is 5.44. The van der Waals surface area contributed by atoms with Gasteiger partial charge < -0.3 is 9.30 Å². The first-order valence-electron chi connectivity index (χ1n) is 11.1. The maximum Gasteiger partial charge on any atom is 0.428 e. The molecule has 2 heterocycles. The number of unbranched alkanes of at least 4 members (excludes halogenated alkanes) is 1. The number of ether oxygens (including phenoxy) is 1. The number of thiophene rings is 1. The van der Waals surface area contributed by atoms with E-state index in [1.165, 1.54) is 11.3 Å². The lowest BCUT2D eigenvalue weighted by atomic mass is 10.0. The standard InChI is InChI=1S/C24H31N3O4S2/c1-5-6-13-31-24(28)27(33(29)30)23-22(15-21(32-23)14-17(2)3)20-9-7-19(8-10-20)16-26-12-11-25-18(26)4/h7-12,15,17,33H,5-6,13-14,16H2,1-4H3. The molecule has 0 aliphatic carbocycles. The molecule has 2 aromatic heterocycles. The number of imidazole rings is 1. The van der Waals surface area contributed by atoms with Gasteiger partial charge in [-0.1, -0.05) is 51.5 Å². The first kappa shape index (κ1) is 25.0. The summed E-state index contributed by atoms with van der Waals surface area (Å²) in [5, 5.41) is 0.376. The van der Waals surface area contributed by atoms with Crippen molar-refractivity contribution in [3.05, 3.63) is 59.0 Å². The van der Waals surface area contributed by atoms with Crippen LogP contribution in [0.3, 0.4) is 0 Å². The number of nitrogens with zero attached hydrogens (tertiary/aromatic N) is 3. The number of thiol groups is 1. The lowest BCUT2D eigenvalue weighted by molar-refractivity contribution is 0.156. The van der Waals surface area contributed by atoms with E-state index in [4.69, 9.17) is 4.74 Å². The number of anilines is 1. The van der Waals surface area contributed by atoms with Crippen LogP contribution in [0.2, 0.25) is 0 Å². The summed E-state index contributed by atoms with van der Waals surface area (Å²) >= 11 is 1.33. The Balaban J connectivity index is 1.95. The Morgan fingerprint density at radius 1 is 1.24 bits per heavy atom. The summed E-state index contributed by atoms with van der Waals surface area (Å²) in [6.45, 7) is 9.04. The summed E-state index contributed by atoms with van der Waals surface area (Å²) in [6, 6.07) is 9.94. The van der Waals surface area contributed by atoms with Crippen molar-refractivity contribution < 1.29 is 17.9 Å². The third-order valence-electron chi connectivity index (χ3n) is 5.17. The Hall–Kier alpha value is -2.65. The van der Waals surface area contributed by atoms with Crippen LogP contribution >= 0.6 is 11.3 Å². The van der Waals surface area contributed by atoms with Gasteiger partial charge in [-0.25, -0.2) is 18.2 Å². The molecule has 0 saturated heterocycles. The number of benzene rings is 1. The fourth-order valence-corrected chi connectivity index (χ4v) is 5.50. The Morgan fingerprint density at radius 3 is 2.55 bits per heavy atom. The molecule has 33 heavy (non-hydrogen) atoms. The van der Waals surface area contributed by atoms with Crippen LogP contribution < -0.4 is 4.31 Å². The molecule has 3 rings (SSSR count). The van der Waals surface area contributed by atoms with Crippen molar-refractivity contribution in [3.63, 3.8) is 0 Å². The number of aromatic nitrogens is 2. The van der Waals surface area contributed by atoms with Gasteiger partial charge in [0, 0.05) is 29.4 Å². The Bertz CT molecular complexity index is 1140. The van der Waals surface area contributed by atoms with Crippen molar-refractivity contribution >= 4 is 33.3 Å². The quantitative estimate of drug-likeness (QED) is 0.303. The van der Waals surface area contributed by atoms with Gasteiger partial charge in [0.15, 0.2) is 0 Å². The van der Waals surface area contributed by atoms with Gasteiger partial charge in [0.05, 0.1) is 6.61 Å². The molecule has 0 unspecified atom stereocenters. The molecule has 0 N–H and O–H groups in total. The Labute approximate surface area is 201 Å². The van der Waals surface area contributed by atoms with E-state index in [1.54, 1.807) is 6.20 Å². The number of hydrogen-bond donors (Lipinski definition) is 1. The fourth-order valence-electron chi connectivity index (χ4n) is 3.44. The first-order chi connectivity index (χ1) is 15.8. The second-order valence-electron chi connectivity index (χ2n) is 8.35. The average molecular weight is 490 g/mol. The van der Waals surface area contributed by atoms with Gasteiger partial charge in [0.2, 0.25) is 10.9 Å². The number of carbonyl (C=O) groups excluding carboxylic acids is 1. The van der Waals surface area contributed by atoms with Crippen LogP contribution in [-0.4, -0.2) is 30.7 Å². The van der Waals surface area contributed by atoms with E-state index in [2.05, 4.69) is 23.4 Å². The van der Waals surface area contributed by atoms with Crippen LogP contribution in [0.15, 0.2) is 42.7 Å². The van der Waals surface area contributed by atoms with Gasteiger partial charge in [-0.2, -0.15) is 4.31 Å². The van der Waals surface area contributed by atoms with Crippen molar-refractivity contribution in [1.29, 1.82) is 0 Å². The molecule has 3 aromatic rings. The number of rotatable bonds is 10. The van der Waals surface area contributed by atoms with Gasteiger partial charge >= 0.3 is 6.09 Å². The van der Waals surface area contributed by atoms with E-state index in [-0.39, 0.29) is 6.61 Å². The first-order valence-corrected chi connectivity index (χ1v) is 13.1. The van der Waals surface area contributed by atoms with Crippen LogP contribution in [0.1, 0.15) is 49.9 Å². The number of hydrogen-bond acceptors (Lipinski definition) is 6. The van der Waals surface area contributed by atoms with E-state index in [1.807, 2.05) is 50.4 Å². The van der Waals surface area contributed by atoms with Crippen molar-refractivity contribution in [1.82, 2.24) is 9.55 Å². The monoisotopic (exact) mass is 489 g/mol. The van der Waals surface area contributed by atoms with E-state index < -0.39 is 17.0 Å². The molecule has 0 radical (unpaired) electrons. The van der Waals surface area contributed by atoms with Crippen LogP contribution in [0.5, 0.6) is 0 Å². The zero-order valence-corrected chi connectivity index (χ0v) is 21.2. The average Bonchev–Trinajstić information content (AvgIpc) is 3.34. The summed E-state index contributed by atoms with van der Waals surface area (Å²) < 4.78 is 32.3. The molecule has 178 valence electrons. The Morgan fingerprint density at radius 2 is 1.97 bits per heavy atom. The van der Waals surface area contributed by atoms with E-state index in [9.17, 15) is 13.2 Å². The van der Waals surface area contributed by atoms with Crippen LogP contribution in [0.25, 0.3) is 11.1 Å². The predicted molar refractivity (Wildman–Crippen MR) is 133 cm³/mol. The minimum Gasteiger partial charge on any atom is -0.448 e. The Kier molecular flexibility index (Phi) is 8.68. The van der Waals surface area contributed by atoms with Gasteiger partial charge in [-0.15, -0.1) is 11.3 Å². The molecule has 0 atom stereocenters. The van der Waals surface area contributed by atoms with Crippen molar-refractivity contribution in [2.45, 2.75) is 53.5 Å². The highest BCUT2D eigenvalue weighted by Crippen LogP contribution is 2.40. The van der Waals surface area contributed by atoms with Crippen LogP contribution in [0, 0.1) is 12.8 Å². The number of aryl methyl sites for hydroxylation is 1. The molecule has 0 fully saturated rings. The summed E-state index contributed by atoms with van der Waals surface area (Å²) in [7, 11) is -3.19. The SMILES string of the molecule is CCCCOC(=O)N(c1sc(CC(C)C)cc1-c1ccc(Cn2ccnc2C)cc1)[SH](=O)=O. The molecular formula is C24H31N3O4S2. The molecule has 9 heteroatoms. The maximum absolute atomic E-state index is 12.7. The van der Waals surface area contributed by atoms with Crippen LogP contribution in [0.4, 0.5) is 9.80 Å². The third kappa shape index (κ3) is 6.45. The largest absolute Gasteiger partial charge is 0.448 e. The highest BCUT2D eigenvalue weighted by Gasteiger charge is 2.26. The second-order valence-corrected chi connectivity index (χ2v) is 10.3. The summed E-state index contributed by atoms with van der Waals surface area (Å²) in [5.74, 6) is 1.34. The van der Waals surface area contributed by atoms with Crippen molar-refractivity contribution in [3.8, 4) is 11.1 Å². The van der Waals surface area contributed by atoms with Gasteiger partial charge in [-0.05, 0) is 42.9 Å². The minimum absolute atomic E-state index is 0.191. The van der Waals surface area contributed by atoms with Crippen LogP contribution in [-0.2, 0) is 28.6 Å². The molecule has 0 aliphatic heterocycles. The molecule has 1 aromatic carbocycles. The molecule has 0 bridgehead atoms. The zero-order valence-electron chi connectivity index (χ0n) is 19.5. The third-order valence-corrected chi connectivity index (χ3v) is 7.13. The highest BCUT2D eigenvalue weighted by molar-refractivity contribution is 7.75. The minimum atomic E-state index is -3.19. The van der Waals surface area contributed by atoms with Gasteiger partial charge in [0.1, 0.15) is 10.8 Å². The topological polar surface area (TPSA) is 81.5 Å². The zero-order chi connectivity index (χ0) is 24.0.